The second-order valence-electron chi connectivity index (χ2n) is 4.83. The number of hydrogen-bond acceptors (Lipinski definition) is 4. The molecule has 3 aromatic rings. The molecule has 5 nitrogen and oxygen atoms in total. The van der Waals surface area contributed by atoms with Gasteiger partial charge in [0.25, 0.3) is 0 Å². The molecule has 1 aromatic carbocycles. The van der Waals surface area contributed by atoms with Crippen LogP contribution in [0.5, 0.6) is 0 Å². The second kappa shape index (κ2) is 5.77. The second-order valence-corrected chi connectivity index (χ2v) is 5.21. The number of halogens is 1. The number of imidazole rings is 1. The van der Waals surface area contributed by atoms with Gasteiger partial charge in [0.2, 0.25) is 0 Å². The summed E-state index contributed by atoms with van der Waals surface area (Å²) >= 11 is 6.37. The van der Waals surface area contributed by atoms with E-state index in [2.05, 4.69) is 9.97 Å². The maximum absolute atomic E-state index is 11.9. The van der Waals surface area contributed by atoms with Gasteiger partial charge in [-0.2, -0.15) is 0 Å². The van der Waals surface area contributed by atoms with E-state index < -0.39 is 5.97 Å². The van der Waals surface area contributed by atoms with Crippen molar-refractivity contribution in [3.8, 4) is 5.69 Å². The van der Waals surface area contributed by atoms with Gasteiger partial charge in [0, 0.05) is 23.5 Å². The fourth-order valence-electron chi connectivity index (χ4n) is 2.22. The van der Waals surface area contributed by atoms with Crippen LogP contribution in [-0.2, 0) is 4.74 Å². The third-order valence-corrected chi connectivity index (χ3v) is 3.70. The maximum atomic E-state index is 11.9. The zero-order valence-electron chi connectivity index (χ0n) is 12.2. The van der Waals surface area contributed by atoms with Crippen molar-refractivity contribution in [1.29, 1.82) is 0 Å². The van der Waals surface area contributed by atoms with Gasteiger partial charge in [-0.25, -0.2) is 9.78 Å². The molecular weight excluding hydrogens is 302 g/mol. The molecular formula is C16H14ClN3O2. The highest BCUT2D eigenvalue weighted by molar-refractivity contribution is 6.38. The van der Waals surface area contributed by atoms with Crippen LogP contribution in [-0.4, -0.2) is 27.1 Å². The number of rotatable bonds is 3. The fraction of sp³-hybridized carbons (Fsp3) is 0.188. The Morgan fingerprint density at radius 3 is 2.86 bits per heavy atom. The van der Waals surface area contributed by atoms with Gasteiger partial charge < -0.3 is 9.30 Å². The Morgan fingerprint density at radius 1 is 1.36 bits per heavy atom. The van der Waals surface area contributed by atoms with E-state index in [-0.39, 0.29) is 5.56 Å². The van der Waals surface area contributed by atoms with Crippen LogP contribution in [0.3, 0.4) is 0 Å². The van der Waals surface area contributed by atoms with Crippen molar-refractivity contribution in [2.45, 2.75) is 13.8 Å². The van der Waals surface area contributed by atoms with Crippen LogP contribution in [0.25, 0.3) is 16.6 Å². The Balaban J connectivity index is 2.13. The number of fused-ring (bicyclic) bond motifs is 1. The Kier molecular flexibility index (Phi) is 3.81. The number of carbonyl (C=O) groups is 1. The lowest BCUT2D eigenvalue weighted by Crippen LogP contribution is -2.06. The molecule has 0 aliphatic heterocycles. The number of benzene rings is 1. The summed E-state index contributed by atoms with van der Waals surface area (Å²) in [5, 5.41) is 1.05. The van der Waals surface area contributed by atoms with E-state index in [4.69, 9.17) is 16.3 Å². The summed E-state index contributed by atoms with van der Waals surface area (Å²) in [7, 11) is 0. The molecule has 0 amide bonds. The molecule has 6 heteroatoms. The zero-order valence-corrected chi connectivity index (χ0v) is 13.0. The topological polar surface area (TPSA) is 57.0 Å². The average Bonchev–Trinajstić information content (AvgIpc) is 2.94. The predicted molar refractivity (Wildman–Crippen MR) is 84.6 cm³/mol. The van der Waals surface area contributed by atoms with Gasteiger partial charge in [-0.1, -0.05) is 11.6 Å². The molecule has 0 fully saturated rings. The minimum Gasteiger partial charge on any atom is -0.462 e. The third kappa shape index (κ3) is 2.55. The van der Waals surface area contributed by atoms with Gasteiger partial charge >= 0.3 is 5.97 Å². The molecule has 112 valence electrons. The van der Waals surface area contributed by atoms with Crippen molar-refractivity contribution in [3.05, 3.63) is 53.2 Å². The van der Waals surface area contributed by atoms with Crippen molar-refractivity contribution in [2.24, 2.45) is 0 Å². The highest BCUT2D eigenvalue weighted by Crippen LogP contribution is 2.28. The molecule has 0 saturated carbocycles. The van der Waals surface area contributed by atoms with Gasteiger partial charge in [-0.3, -0.25) is 4.98 Å². The first-order chi connectivity index (χ1) is 10.6. The van der Waals surface area contributed by atoms with Gasteiger partial charge in [0.1, 0.15) is 0 Å². The normalized spacial score (nSPS) is 10.9. The molecule has 2 heterocycles. The number of carbonyl (C=O) groups excluding carboxylic acids is 1. The smallest absolute Gasteiger partial charge is 0.341 e. The Morgan fingerprint density at radius 2 is 2.18 bits per heavy atom. The quantitative estimate of drug-likeness (QED) is 0.693. The molecule has 0 unspecified atom stereocenters. The van der Waals surface area contributed by atoms with Gasteiger partial charge in [-0.15, -0.1) is 0 Å². The summed E-state index contributed by atoms with van der Waals surface area (Å²) < 4.78 is 6.89. The highest BCUT2D eigenvalue weighted by Gasteiger charge is 2.15. The van der Waals surface area contributed by atoms with Gasteiger partial charge in [0.15, 0.2) is 0 Å². The lowest BCUT2D eigenvalue weighted by atomic mass is 10.1. The molecule has 0 N–H and O–H groups in total. The molecule has 0 saturated heterocycles. The van der Waals surface area contributed by atoms with Crippen LogP contribution < -0.4 is 0 Å². The first-order valence-electron chi connectivity index (χ1n) is 6.86. The standard InChI is InChI=1S/C16H14ClN3O2/c1-3-22-16(21)13-7-18-14-5-4-11(6-12(14)15(13)17)20-8-10(2)19-9-20/h4-9H,3H2,1-2H3. The number of aromatic nitrogens is 3. The lowest BCUT2D eigenvalue weighted by molar-refractivity contribution is 0.0526. The molecule has 0 spiro atoms. The number of esters is 1. The SMILES string of the molecule is CCOC(=O)c1cnc2ccc(-n3cnc(C)c3)cc2c1Cl. The average molecular weight is 316 g/mol. The van der Waals surface area contributed by atoms with Gasteiger partial charge in [-0.05, 0) is 32.0 Å². The fourth-order valence-corrected chi connectivity index (χ4v) is 2.50. The molecule has 0 bridgehead atoms. The Bertz CT molecular complexity index is 858. The summed E-state index contributed by atoms with van der Waals surface area (Å²) in [6.45, 7) is 3.96. The summed E-state index contributed by atoms with van der Waals surface area (Å²) in [6.07, 6.45) is 5.09. The van der Waals surface area contributed by atoms with E-state index >= 15 is 0 Å². The lowest BCUT2D eigenvalue weighted by Gasteiger charge is -2.08. The Labute approximate surface area is 132 Å². The molecule has 0 aliphatic rings. The van der Waals surface area contributed by atoms with E-state index in [0.717, 1.165) is 16.9 Å². The molecule has 22 heavy (non-hydrogen) atoms. The molecule has 0 aliphatic carbocycles. The van der Waals surface area contributed by atoms with Crippen LogP contribution >= 0.6 is 11.6 Å². The van der Waals surface area contributed by atoms with E-state index in [1.54, 1.807) is 13.3 Å². The molecule has 0 atom stereocenters. The first kappa shape index (κ1) is 14.5. The molecule has 2 aromatic heterocycles. The van der Waals surface area contributed by atoms with Crippen LogP contribution in [0.1, 0.15) is 23.0 Å². The van der Waals surface area contributed by atoms with Crippen LogP contribution in [0.4, 0.5) is 0 Å². The minimum atomic E-state index is -0.467. The molecule has 0 radical (unpaired) electrons. The van der Waals surface area contributed by atoms with Crippen molar-refractivity contribution in [1.82, 2.24) is 14.5 Å². The van der Waals surface area contributed by atoms with Crippen molar-refractivity contribution >= 4 is 28.5 Å². The summed E-state index contributed by atoms with van der Waals surface area (Å²) in [4.78, 5) is 20.4. The maximum Gasteiger partial charge on any atom is 0.341 e. The van der Waals surface area contributed by atoms with Crippen molar-refractivity contribution in [2.75, 3.05) is 6.61 Å². The van der Waals surface area contributed by atoms with Crippen molar-refractivity contribution < 1.29 is 9.53 Å². The number of nitrogens with zero attached hydrogens (tertiary/aromatic N) is 3. The van der Waals surface area contributed by atoms with Gasteiger partial charge in [0.05, 0.1) is 34.7 Å². The zero-order chi connectivity index (χ0) is 15.7. The van der Waals surface area contributed by atoms with Crippen molar-refractivity contribution in [3.63, 3.8) is 0 Å². The highest BCUT2D eigenvalue weighted by atomic mass is 35.5. The van der Waals surface area contributed by atoms with Crippen LogP contribution in [0.15, 0.2) is 36.9 Å². The summed E-state index contributed by atoms with van der Waals surface area (Å²) in [5.74, 6) is -0.467. The Hall–Kier alpha value is -2.40. The number of aryl methyl sites for hydroxylation is 1. The number of hydrogen-bond donors (Lipinski definition) is 0. The minimum absolute atomic E-state index is 0.273. The van der Waals surface area contributed by atoms with E-state index in [1.165, 1.54) is 6.20 Å². The van der Waals surface area contributed by atoms with Crippen LogP contribution in [0, 0.1) is 6.92 Å². The van der Waals surface area contributed by atoms with E-state index in [1.807, 2.05) is 35.9 Å². The first-order valence-corrected chi connectivity index (χ1v) is 7.24. The largest absolute Gasteiger partial charge is 0.462 e. The summed E-state index contributed by atoms with van der Waals surface area (Å²) in [6, 6.07) is 5.67. The third-order valence-electron chi connectivity index (χ3n) is 3.29. The van der Waals surface area contributed by atoms with E-state index in [0.29, 0.717) is 17.0 Å². The van der Waals surface area contributed by atoms with Crippen LogP contribution in [0.2, 0.25) is 5.02 Å². The number of ether oxygens (including phenoxy) is 1. The van der Waals surface area contributed by atoms with E-state index in [9.17, 15) is 4.79 Å². The summed E-state index contributed by atoms with van der Waals surface area (Å²) in [5.41, 5.74) is 2.82. The predicted octanol–water partition coefficient (Wildman–Crippen LogP) is 3.56. The monoisotopic (exact) mass is 315 g/mol. The number of pyridine rings is 1. The molecule has 3 rings (SSSR count).